The Hall–Kier alpha value is -1.66. The van der Waals surface area contributed by atoms with Gasteiger partial charge in [-0.2, -0.15) is 0 Å². The van der Waals surface area contributed by atoms with Crippen molar-refractivity contribution in [2.45, 2.75) is 26.8 Å². The molecule has 5 nitrogen and oxygen atoms in total. The lowest BCUT2D eigenvalue weighted by Gasteiger charge is -2.27. The summed E-state index contributed by atoms with van der Waals surface area (Å²) in [6.45, 7) is 6.01. The molecule has 22 heavy (non-hydrogen) atoms. The zero-order valence-corrected chi connectivity index (χ0v) is 14.1. The number of rotatable bonds is 5. The third kappa shape index (κ3) is 2.94. The third-order valence-corrected chi connectivity index (χ3v) is 4.50. The van der Waals surface area contributed by atoms with Gasteiger partial charge in [0.1, 0.15) is 0 Å². The number of ketones is 1. The fourth-order valence-electron chi connectivity index (χ4n) is 2.45. The molecule has 1 aromatic rings. The van der Waals surface area contributed by atoms with Crippen LogP contribution >= 0.6 is 11.3 Å². The van der Waals surface area contributed by atoms with Crippen LogP contribution in [0, 0.1) is 5.41 Å². The summed E-state index contributed by atoms with van der Waals surface area (Å²) in [7, 11) is 1.55. The number of ether oxygens (including phenoxy) is 1. The smallest absolute Gasteiger partial charge is 0.290 e. The monoisotopic (exact) mass is 323 g/mol. The number of amides is 1. The highest BCUT2D eigenvalue weighted by molar-refractivity contribution is 7.10. The summed E-state index contributed by atoms with van der Waals surface area (Å²) in [5.41, 5.74) is -0.479. The molecule has 1 amide bonds. The summed E-state index contributed by atoms with van der Waals surface area (Å²) in [4.78, 5) is 27.5. The molecular formula is C16H21NO4S. The highest BCUT2D eigenvalue weighted by Crippen LogP contribution is 2.42. The van der Waals surface area contributed by atoms with E-state index in [0.29, 0.717) is 13.2 Å². The maximum Gasteiger partial charge on any atom is 0.290 e. The minimum atomic E-state index is -0.670. The summed E-state index contributed by atoms with van der Waals surface area (Å²) < 4.78 is 5.04. The number of carbonyl (C=O) groups excluding carboxylic acids is 2. The molecule has 0 aliphatic carbocycles. The zero-order chi connectivity index (χ0) is 16.5. The number of nitrogens with zero attached hydrogens (tertiary/aromatic N) is 1. The van der Waals surface area contributed by atoms with Gasteiger partial charge in [0.2, 0.25) is 0 Å². The molecule has 0 radical (unpaired) electrons. The van der Waals surface area contributed by atoms with Crippen molar-refractivity contribution in [3.63, 3.8) is 0 Å². The van der Waals surface area contributed by atoms with Crippen molar-refractivity contribution in [2.24, 2.45) is 5.41 Å². The van der Waals surface area contributed by atoms with Gasteiger partial charge in [-0.15, -0.1) is 11.3 Å². The fraction of sp³-hybridized carbons (Fsp3) is 0.500. The maximum atomic E-state index is 12.7. The largest absolute Gasteiger partial charge is 0.503 e. The summed E-state index contributed by atoms with van der Waals surface area (Å²) in [6, 6.07) is 3.21. The maximum absolute atomic E-state index is 12.7. The Morgan fingerprint density at radius 1 is 1.45 bits per heavy atom. The molecule has 120 valence electrons. The molecule has 1 aliphatic heterocycles. The van der Waals surface area contributed by atoms with Gasteiger partial charge < -0.3 is 14.7 Å². The van der Waals surface area contributed by atoms with Gasteiger partial charge in [-0.1, -0.05) is 26.8 Å². The quantitative estimate of drug-likeness (QED) is 0.905. The Balaban J connectivity index is 2.48. The molecule has 1 aliphatic rings. The molecule has 1 unspecified atom stereocenters. The second kappa shape index (κ2) is 6.22. The summed E-state index contributed by atoms with van der Waals surface area (Å²) >= 11 is 1.46. The van der Waals surface area contributed by atoms with Crippen LogP contribution in [0.25, 0.3) is 0 Å². The van der Waals surface area contributed by atoms with Gasteiger partial charge in [-0.05, 0) is 11.4 Å². The van der Waals surface area contributed by atoms with Crippen LogP contribution in [0.1, 0.15) is 31.7 Å². The summed E-state index contributed by atoms with van der Waals surface area (Å²) in [5, 5.41) is 12.2. The van der Waals surface area contributed by atoms with E-state index in [9.17, 15) is 14.7 Å². The summed E-state index contributed by atoms with van der Waals surface area (Å²) in [5.74, 6) is -1.16. The van der Waals surface area contributed by atoms with E-state index in [2.05, 4.69) is 0 Å². The van der Waals surface area contributed by atoms with E-state index in [1.807, 2.05) is 17.5 Å². The number of Topliss-reactive ketones (excluding diaryl/α,β-unsaturated/α-hetero) is 1. The molecule has 0 saturated carbocycles. The highest BCUT2D eigenvalue weighted by Gasteiger charge is 2.46. The number of hydrogen-bond acceptors (Lipinski definition) is 5. The van der Waals surface area contributed by atoms with Crippen LogP contribution in [0.2, 0.25) is 0 Å². The lowest BCUT2D eigenvalue weighted by molar-refractivity contribution is -0.130. The fourth-order valence-corrected chi connectivity index (χ4v) is 3.30. The second-order valence-corrected chi connectivity index (χ2v) is 7.23. The first kappa shape index (κ1) is 16.7. The molecular weight excluding hydrogens is 302 g/mol. The Bertz CT molecular complexity index is 598. The van der Waals surface area contributed by atoms with Crippen molar-refractivity contribution in [1.82, 2.24) is 4.90 Å². The number of aliphatic hydroxyl groups excluding tert-OH is 1. The van der Waals surface area contributed by atoms with Crippen LogP contribution in [0.3, 0.4) is 0 Å². The standard InChI is InChI=1S/C16H21NO4S/c1-16(2,3)14(19)11-12(10-6-5-9-22-10)17(7-8-21-4)15(20)13(11)18/h5-6,9,12,18H,7-8H2,1-4H3. The number of methoxy groups -OCH3 is 1. The topological polar surface area (TPSA) is 66.8 Å². The number of aliphatic hydroxyl groups is 1. The van der Waals surface area contributed by atoms with Gasteiger partial charge in [-0.3, -0.25) is 9.59 Å². The van der Waals surface area contributed by atoms with Gasteiger partial charge in [0.05, 0.1) is 18.2 Å². The number of thiophene rings is 1. The van der Waals surface area contributed by atoms with Crippen molar-refractivity contribution < 1.29 is 19.4 Å². The molecule has 0 fully saturated rings. The van der Waals surface area contributed by atoms with Crippen LogP contribution < -0.4 is 0 Å². The molecule has 1 N–H and O–H groups in total. The van der Waals surface area contributed by atoms with Crippen molar-refractivity contribution in [3.05, 3.63) is 33.7 Å². The van der Waals surface area contributed by atoms with Gasteiger partial charge in [0.25, 0.3) is 5.91 Å². The highest BCUT2D eigenvalue weighted by atomic mass is 32.1. The Morgan fingerprint density at radius 3 is 2.64 bits per heavy atom. The first-order chi connectivity index (χ1) is 10.3. The van der Waals surface area contributed by atoms with E-state index in [0.717, 1.165) is 4.88 Å². The van der Waals surface area contributed by atoms with Gasteiger partial charge >= 0.3 is 0 Å². The van der Waals surface area contributed by atoms with Crippen LogP contribution in [-0.2, 0) is 14.3 Å². The van der Waals surface area contributed by atoms with E-state index in [-0.39, 0.29) is 11.4 Å². The van der Waals surface area contributed by atoms with Crippen molar-refractivity contribution in [2.75, 3.05) is 20.3 Å². The van der Waals surface area contributed by atoms with Crippen molar-refractivity contribution in [1.29, 1.82) is 0 Å². The lowest BCUT2D eigenvalue weighted by atomic mass is 9.83. The molecule has 6 heteroatoms. The third-order valence-electron chi connectivity index (χ3n) is 3.58. The van der Waals surface area contributed by atoms with Crippen LogP contribution in [0.4, 0.5) is 0 Å². The summed E-state index contributed by atoms with van der Waals surface area (Å²) in [6.07, 6.45) is 0. The van der Waals surface area contributed by atoms with E-state index in [1.165, 1.54) is 16.2 Å². The average Bonchev–Trinajstić information content (AvgIpc) is 3.04. The molecule has 0 spiro atoms. The average molecular weight is 323 g/mol. The molecule has 0 bridgehead atoms. The second-order valence-electron chi connectivity index (χ2n) is 6.25. The van der Waals surface area contributed by atoms with E-state index in [1.54, 1.807) is 27.9 Å². The van der Waals surface area contributed by atoms with E-state index >= 15 is 0 Å². The van der Waals surface area contributed by atoms with Gasteiger partial charge in [0.15, 0.2) is 11.5 Å². The van der Waals surface area contributed by atoms with Crippen molar-refractivity contribution >= 4 is 23.0 Å². The minimum Gasteiger partial charge on any atom is -0.503 e. The van der Waals surface area contributed by atoms with Crippen molar-refractivity contribution in [3.8, 4) is 0 Å². The van der Waals surface area contributed by atoms with E-state index < -0.39 is 23.1 Å². The molecule has 0 saturated heterocycles. The first-order valence-electron chi connectivity index (χ1n) is 7.10. The Morgan fingerprint density at radius 2 is 2.14 bits per heavy atom. The molecule has 1 atom stereocenters. The SMILES string of the molecule is COCCN1C(=O)C(O)=C(C(=O)C(C)(C)C)C1c1cccs1. The molecule has 1 aromatic heterocycles. The van der Waals surface area contributed by atoms with Crippen LogP contribution in [0.5, 0.6) is 0 Å². The van der Waals surface area contributed by atoms with E-state index in [4.69, 9.17) is 4.74 Å². The number of hydrogen-bond donors (Lipinski definition) is 1. The first-order valence-corrected chi connectivity index (χ1v) is 7.98. The van der Waals surface area contributed by atoms with Crippen LogP contribution in [-0.4, -0.2) is 42.0 Å². The molecule has 2 heterocycles. The number of carbonyl (C=O) groups is 2. The van der Waals surface area contributed by atoms with Gasteiger partial charge in [-0.25, -0.2) is 0 Å². The lowest BCUT2D eigenvalue weighted by Crippen LogP contribution is -2.34. The predicted molar refractivity (Wildman–Crippen MR) is 84.8 cm³/mol. The normalized spacial score (nSPS) is 19.2. The Labute approximate surface area is 134 Å². The zero-order valence-electron chi connectivity index (χ0n) is 13.3. The minimum absolute atomic E-state index is 0.191. The molecule has 0 aromatic carbocycles. The van der Waals surface area contributed by atoms with Crippen LogP contribution in [0.15, 0.2) is 28.8 Å². The predicted octanol–water partition coefficient (Wildman–Crippen LogP) is 2.71. The Kier molecular flexibility index (Phi) is 4.72. The van der Waals surface area contributed by atoms with Gasteiger partial charge in [0, 0.05) is 23.9 Å². The molecule has 2 rings (SSSR count).